The van der Waals surface area contributed by atoms with Gasteiger partial charge in [0, 0.05) is 12.5 Å². The molecular formula is C12H17ClN2O. The lowest BCUT2D eigenvalue weighted by Gasteiger charge is -2.04. The van der Waals surface area contributed by atoms with Gasteiger partial charge in [-0.25, -0.2) is 0 Å². The Balaban J connectivity index is 0.00000225. The van der Waals surface area contributed by atoms with Crippen molar-refractivity contribution in [3.05, 3.63) is 36.9 Å². The van der Waals surface area contributed by atoms with E-state index in [1.165, 1.54) is 0 Å². The van der Waals surface area contributed by atoms with Crippen LogP contribution >= 0.6 is 0 Å². The van der Waals surface area contributed by atoms with Gasteiger partial charge in [0.2, 0.25) is 5.91 Å². The SMILES string of the molecule is C=CCCCC(=O)Nc1ccccc1[NH3+].[Cl-]. The Hall–Kier alpha value is -1.32. The maximum absolute atomic E-state index is 11.5. The van der Waals surface area contributed by atoms with Crippen molar-refractivity contribution in [2.24, 2.45) is 0 Å². The summed E-state index contributed by atoms with van der Waals surface area (Å²) in [5.41, 5.74) is 5.47. The molecule has 88 valence electrons. The van der Waals surface area contributed by atoms with E-state index in [1.807, 2.05) is 30.3 Å². The zero-order valence-corrected chi connectivity index (χ0v) is 9.96. The molecule has 3 nitrogen and oxygen atoms in total. The van der Waals surface area contributed by atoms with Gasteiger partial charge in [-0.15, -0.1) is 6.58 Å². The van der Waals surface area contributed by atoms with Gasteiger partial charge < -0.3 is 23.5 Å². The summed E-state index contributed by atoms with van der Waals surface area (Å²) in [5, 5.41) is 2.83. The van der Waals surface area contributed by atoms with E-state index >= 15 is 0 Å². The molecule has 0 heterocycles. The predicted molar refractivity (Wildman–Crippen MR) is 61.7 cm³/mol. The highest BCUT2D eigenvalue weighted by atomic mass is 35.5. The maximum Gasteiger partial charge on any atom is 0.224 e. The second kappa shape index (κ2) is 7.91. The largest absolute Gasteiger partial charge is 1.00 e. The van der Waals surface area contributed by atoms with E-state index in [-0.39, 0.29) is 18.3 Å². The fourth-order valence-corrected chi connectivity index (χ4v) is 1.26. The minimum Gasteiger partial charge on any atom is -1.00 e. The molecule has 0 saturated carbocycles. The van der Waals surface area contributed by atoms with Gasteiger partial charge in [0.05, 0.1) is 0 Å². The van der Waals surface area contributed by atoms with Crippen molar-refractivity contribution < 1.29 is 22.9 Å². The summed E-state index contributed by atoms with van der Waals surface area (Å²) in [6, 6.07) is 7.51. The molecule has 0 radical (unpaired) electrons. The third-order valence-electron chi connectivity index (χ3n) is 2.10. The Morgan fingerprint density at radius 1 is 1.44 bits per heavy atom. The molecule has 0 unspecified atom stereocenters. The zero-order valence-electron chi connectivity index (χ0n) is 9.21. The molecule has 0 fully saturated rings. The monoisotopic (exact) mass is 240 g/mol. The molecule has 16 heavy (non-hydrogen) atoms. The number of carbonyl (C=O) groups is 1. The van der Waals surface area contributed by atoms with Gasteiger partial charge in [-0.2, -0.15) is 0 Å². The van der Waals surface area contributed by atoms with Crippen LogP contribution in [0.4, 0.5) is 11.4 Å². The van der Waals surface area contributed by atoms with E-state index in [1.54, 1.807) is 0 Å². The van der Waals surface area contributed by atoms with Crippen molar-refractivity contribution in [2.75, 3.05) is 5.32 Å². The van der Waals surface area contributed by atoms with E-state index in [0.717, 1.165) is 24.2 Å². The topological polar surface area (TPSA) is 56.7 Å². The summed E-state index contributed by atoms with van der Waals surface area (Å²) in [4.78, 5) is 11.5. The number of hydrogen-bond donors (Lipinski definition) is 2. The third-order valence-corrected chi connectivity index (χ3v) is 2.10. The molecule has 0 bridgehead atoms. The smallest absolute Gasteiger partial charge is 0.224 e. The molecule has 0 spiro atoms. The van der Waals surface area contributed by atoms with Crippen molar-refractivity contribution in [3.63, 3.8) is 0 Å². The minimum atomic E-state index is 0. The zero-order chi connectivity index (χ0) is 11.1. The molecule has 1 aromatic rings. The van der Waals surface area contributed by atoms with Gasteiger partial charge in [0.1, 0.15) is 5.69 Å². The first kappa shape index (κ1) is 14.7. The van der Waals surface area contributed by atoms with E-state index in [9.17, 15) is 4.79 Å². The first-order chi connectivity index (χ1) is 7.24. The Bertz CT molecular complexity index is 353. The van der Waals surface area contributed by atoms with Gasteiger partial charge >= 0.3 is 0 Å². The van der Waals surface area contributed by atoms with Gasteiger partial charge in [0.25, 0.3) is 0 Å². The number of allylic oxidation sites excluding steroid dienone is 1. The standard InChI is InChI=1S/C12H16N2O.ClH/c1-2-3-4-9-12(15)14-11-8-6-5-7-10(11)13;/h2,5-8H,1,3-4,9,13H2,(H,14,15);1H. The highest BCUT2D eigenvalue weighted by Crippen LogP contribution is 2.15. The number of amides is 1. The maximum atomic E-state index is 11.5. The van der Waals surface area contributed by atoms with Crippen LogP contribution in [0, 0.1) is 0 Å². The molecule has 1 rings (SSSR count). The second-order valence-electron chi connectivity index (χ2n) is 3.39. The molecule has 0 aromatic heterocycles. The average molecular weight is 241 g/mol. The number of hydrogen-bond acceptors (Lipinski definition) is 1. The number of nitrogens with one attached hydrogen (secondary N) is 1. The minimum absolute atomic E-state index is 0. The number of carbonyl (C=O) groups excluding carboxylic acids is 1. The lowest BCUT2D eigenvalue weighted by molar-refractivity contribution is -0.253. The van der Waals surface area contributed by atoms with Crippen molar-refractivity contribution in [2.45, 2.75) is 19.3 Å². The molecule has 1 aromatic carbocycles. The summed E-state index contributed by atoms with van der Waals surface area (Å²) in [6.45, 7) is 3.61. The fourth-order valence-electron chi connectivity index (χ4n) is 1.26. The predicted octanol–water partition coefficient (Wildman–Crippen LogP) is -1.14. The van der Waals surface area contributed by atoms with E-state index in [4.69, 9.17) is 0 Å². The normalized spacial score (nSPS) is 9.06. The van der Waals surface area contributed by atoms with E-state index < -0.39 is 0 Å². The highest BCUT2D eigenvalue weighted by molar-refractivity contribution is 5.92. The Labute approximate surface area is 102 Å². The Kier molecular flexibility index (Phi) is 7.25. The van der Waals surface area contributed by atoms with Crippen molar-refractivity contribution >= 4 is 17.3 Å². The van der Waals surface area contributed by atoms with Crippen LogP contribution in [0.25, 0.3) is 0 Å². The fraction of sp³-hybridized carbons (Fsp3) is 0.250. The average Bonchev–Trinajstić information content (AvgIpc) is 2.22. The molecular weight excluding hydrogens is 224 g/mol. The third kappa shape index (κ3) is 4.96. The second-order valence-corrected chi connectivity index (χ2v) is 3.39. The van der Waals surface area contributed by atoms with Crippen LogP contribution in [0.1, 0.15) is 19.3 Å². The van der Waals surface area contributed by atoms with Gasteiger partial charge in [0.15, 0.2) is 5.69 Å². The number of halogens is 1. The van der Waals surface area contributed by atoms with Gasteiger partial charge in [-0.1, -0.05) is 18.2 Å². The van der Waals surface area contributed by atoms with Crippen molar-refractivity contribution in [1.29, 1.82) is 0 Å². The summed E-state index contributed by atoms with van der Waals surface area (Å²) in [6.07, 6.45) is 4.07. The molecule has 1 amide bonds. The number of quaternary nitrogens is 1. The van der Waals surface area contributed by atoms with E-state index in [0.29, 0.717) is 6.42 Å². The summed E-state index contributed by atoms with van der Waals surface area (Å²) < 4.78 is 0. The first-order valence-corrected chi connectivity index (χ1v) is 5.06. The number of rotatable bonds is 5. The summed E-state index contributed by atoms with van der Waals surface area (Å²) in [5.74, 6) is 0.0351. The lowest BCUT2D eigenvalue weighted by Crippen LogP contribution is -3.00. The number of benzene rings is 1. The van der Waals surface area contributed by atoms with Crippen molar-refractivity contribution in [3.8, 4) is 0 Å². The quantitative estimate of drug-likeness (QED) is 0.496. The van der Waals surface area contributed by atoms with Crippen molar-refractivity contribution in [1.82, 2.24) is 0 Å². The highest BCUT2D eigenvalue weighted by Gasteiger charge is 2.05. The summed E-state index contributed by atoms with van der Waals surface area (Å²) >= 11 is 0. The number of para-hydroxylation sites is 1. The van der Waals surface area contributed by atoms with Gasteiger partial charge in [-0.05, 0) is 18.9 Å². The van der Waals surface area contributed by atoms with Crippen LogP contribution in [-0.2, 0) is 4.79 Å². The number of anilines is 1. The molecule has 4 N–H and O–H groups in total. The Morgan fingerprint density at radius 3 is 2.75 bits per heavy atom. The van der Waals surface area contributed by atoms with Crippen LogP contribution < -0.4 is 23.5 Å². The van der Waals surface area contributed by atoms with Crippen LogP contribution in [0.5, 0.6) is 0 Å². The van der Waals surface area contributed by atoms with Gasteiger partial charge in [-0.3, -0.25) is 4.79 Å². The van der Waals surface area contributed by atoms with Crippen LogP contribution in [-0.4, -0.2) is 5.91 Å². The molecule has 0 saturated heterocycles. The molecule has 0 aliphatic carbocycles. The number of unbranched alkanes of at least 4 members (excludes halogenated alkanes) is 1. The van der Waals surface area contributed by atoms with Crippen LogP contribution in [0.15, 0.2) is 36.9 Å². The molecule has 0 atom stereocenters. The molecule has 0 aliphatic heterocycles. The first-order valence-electron chi connectivity index (χ1n) is 5.06. The van der Waals surface area contributed by atoms with E-state index in [2.05, 4.69) is 17.6 Å². The molecule has 0 aliphatic rings. The molecule has 4 heteroatoms. The van der Waals surface area contributed by atoms with Crippen LogP contribution in [0.2, 0.25) is 0 Å². The Morgan fingerprint density at radius 2 is 2.12 bits per heavy atom. The van der Waals surface area contributed by atoms with Crippen LogP contribution in [0.3, 0.4) is 0 Å². The lowest BCUT2D eigenvalue weighted by atomic mass is 10.2. The summed E-state index contributed by atoms with van der Waals surface area (Å²) in [7, 11) is 0.